The van der Waals surface area contributed by atoms with E-state index in [4.69, 9.17) is 9.47 Å². The lowest BCUT2D eigenvalue weighted by atomic mass is 9.74. The van der Waals surface area contributed by atoms with Crippen LogP contribution in [0.2, 0.25) is 0 Å². The molecular formula is C49H91N5O11. The smallest absolute Gasteiger partial charge is 0.326 e. The number of hydrogen-bond donors (Lipinski definition) is 7. The monoisotopic (exact) mass is 926 g/mol. The number of Topliss-reactive ketones (excluding diaryl/α,β-unsaturated/α-hetero) is 1. The van der Waals surface area contributed by atoms with Crippen molar-refractivity contribution in [1.29, 1.82) is 0 Å². The van der Waals surface area contributed by atoms with Gasteiger partial charge in [-0.3, -0.25) is 28.8 Å². The molecule has 0 aromatic rings. The molecular weight excluding hydrogens is 835 g/mol. The lowest BCUT2D eigenvalue weighted by molar-refractivity contribution is -0.151. The molecule has 0 saturated heterocycles. The summed E-state index contributed by atoms with van der Waals surface area (Å²) in [4.78, 5) is 88.4. The van der Waals surface area contributed by atoms with Gasteiger partial charge in [-0.25, -0.2) is 4.79 Å². The third-order valence-electron chi connectivity index (χ3n) is 11.3. The van der Waals surface area contributed by atoms with Crippen LogP contribution < -0.4 is 26.6 Å². The molecule has 0 spiro atoms. The summed E-state index contributed by atoms with van der Waals surface area (Å²) in [6.45, 7) is 34.5. The average Bonchev–Trinajstić information content (AvgIpc) is 3.10. The minimum Gasteiger partial charge on any atom is -0.481 e. The van der Waals surface area contributed by atoms with E-state index in [0.717, 1.165) is 12.8 Å². The van der Waals surface area contributed by atoms with Gasteiger partial charge in [0, 0.05) is 53.3 Å². The van der Waals surface area contributed by atoms with E-state index in [1.54, 1.807) is 41.5 Å². The normalized spacial score (nSPS) is 14.2. The van der Waals surface area contributed by atoms with Gasteiger partial charge >= 0.3 is 11.9 Å². The number of amides is 4. The second-order valence-electron chi connectivity index (χ2n) is 23.8. The Morgan fingerprint density at radius 3 is 1.60 bits per heavy atom. The van der Waals surface area contributed by atoms with Crippen molar-refractivity contribution in [3.05, 3.63) is 0 Å². The lowest BCUT2D eigenvalue weighted by Crippen LogP contribution is -2.51. The van der Waals surface area contributed by atoms with E-state index in [1.807, 2.05) is 48.5 Å². The number of rotatable bonds is 31. The van der Waals surface area contributed by atoms with Crippen molar-refractivity contribution in [3.8, 4) is 0 Å². The van der Waals surface area contributed by atoms with Crippen LogP contribution >= 0.6 is 0 Å². The number of carbonyl (C=O) groups is 7. The van der Waals surface area contributed by atoms with Gasteiger partial charge in [-0.2, -0.15) is 0 Å². The first kappa shape index (κ1) is 61.4. The fourth-order valence-corrected chi connectivity index (χ4v) is 7.78. The summed E-state index contributed by atoms with van der Waals surface area (Å²) in [7, 11) is 0. The molecule has 0 aliphatic rings. The Balaban J connectivity index is 4.77. The largest absolute Gasteiger partial charge is 0.481 e. The molecule has 0 unspecified atom stereocenters. The molecule has 4 amide bonds. The van der Waals surface area contributed by atoms with Gasteiger partial charge in [0.1, 0.15) is 6.04 Å². The third kappa shape index (κ3) is 25.8. The summed E-state index contributed by atoms with van der Waals surface area (Å²) in [5.41, 5.74) is -5.82. The molecule has 7 N–H and O–H groups in total. The number of aliphatic carboxylic acids is 2. The fraction of sp³-hybridized carbons (Fsp3) is 0.857. The predicted octanol–water partition coefficient (Wildman–Crippen LogP) is 6.71. The second-order valence-corrected chi connectivity index (χ2v) is 23.8. The van der Waals surface area contributed by atoms with Crippen LogP contribution in [-0.4, -0.2) is 112 Å². The number of ether oxygens (including phenoxy) is 2. The first-order chi connectivity index (χ1) is 29.1. The van der Waals surface area contributed by atoms with Gasteiger partial charge in [-0.15, -0.1) is 0 Å². The molecule has 65 heavy (non-hydrogen) atoms. The van der Waals surface area contributed by atoms with Gasteiger partial charge in [-0.05, 0) is 128 Å². The molecule has 0 radical (unpaired) electrons. The molecule has 16 nitrogen and oxygen atoms in total. The summed E-state index contributed by atoms with van der Waals surface area (Å²) in [6.07, 6.45) is 3.62. The second kappa shape index (κ2) is 24.9. The van der Waals surface area contributed by atoms with Gasteiger partial charge in [0.2, 0.25) is 23.6 Å². The van der Waals surface area contributed by atoms with Gasteiger partial charge < -0.3 is 46.3 Å². The molecule has 0 aliphatic carbocycles. The molecule has 0 aromatic carbocycles. The van der Waals surface area contributed by atoms with Crippen LogP contribution in [0.15, 0.2) is 0 Å². The molecule has 16 heteroatoms. The maximum Gasteiger partial charge on any atom is 0.326 e. The van der Waals surface area contributed by atoms with Crippen LogP contribution in [-0.2, 0) is 43.0 Å². The first-order valence-electron chi connectivity index (χ1n) is 23.4. The van der Waals surface area contributed by atoms with Crippen molar-refractivity contribution in [2.45, 2.75) is 223 Å². The highest BCUT2D eigenvalue weighted by atomic mass is 16.5. The van der Waals surface area contributed by atoms with Crippen molar-refractivity contribution in [2.75, 3.05) is 26.3 Å². The van der Waals surface area contributed by atoms with Crippen LogP contribution in [0.5, 0.6) is 0 Å². The predicted molar refractivity (Wildman–Crippen MR) is 254 cm³/mol. The maximum atomic E-state index is 13.3. The number of ketones is 1. The van der Waals surface area contributed by atoms with E-state index >= 15 is 0 Å². The Morgan fingerprint density at radius 2 is 1.08 bits per heavy atom. The minimum absolute atomic E-state index is 0.0274. The van der Waals surface area contributed by atoms with E-state index in [2.05, 4.69) is 47.4 Å². The summed E-state index contributed by atoms with van der Waals surface area (Å²) in [5.74, 6) is -3.53. The molecule has 0 heterocycles. The van der Waals surface area contributed by atoms with Crippen molar-refractivity contribution in [3.63, 3.8) is 0 Å². The Morgan fingerprint density at radius 1 is 0.538 bits per heavy atom. The molecule has 0 bridgehead atoms. The number of hydrogen-bond acceptors (Lipinski definition) is 10. The van der Waals surface area contributed by atoms with E-state index in [1.165, 1.54) is 13.8 Å². The minimum atomic E-state index is -1.36. The summed E-state index contributed by atoms with van der Waals surface area (Å²) in [5, 5.41) is 34.0. The lowest BCUT2D eigenvalue weighted by Gasteiger charge is -2.35. The Bertz CT molecular complexity index is 1600. The summed E-state index contributed by atoms with van der Waals surface area (Å²) < 4.78 is 12.3. The van der Waals surface area contributed by atoms with Gasteiger partial charge in [-0.1, -0.05) is 48.5 Å². The third-order valence-corrected chi connectivity index (χ3v) is 11.3. The van der Waals surface area contributed by atoms with E-state index in [9.17, 15) is 43.8 Å². The average molecular weight is 926 g/mol. The molecule has 0 saturated carbocycles. The fourth-order valence-electron chi connectivity index (χ4n) is 7.78. The maximum absolute atomic E-state index is 13.3. The number of carboxylic acid groups (broad SMARTS) is 2. The van der Waals surface area contributed by atoms with Crippen LogP contribution in [0.4, 0.5) is 0 Å². The molecule has 378 valence electrons. The zero-order valence-corrected chi connectivity index (χ0v) is 43.6. The summed E-state index contributed by atoms with van der Waals surface area (Å²) in [6, 6.07) is -1.59. The first-order valence-corrected chi connectivity index (χ1v) is 23.4. The molecule has 0 fully saturated rings. The quantitative estimate of drug-likeness (QED) is 0.0359. The van der Waals surface area contributed by atoms with Crippen molar-refractivity contribution in [1.82, 2.24) is 26.6 Å². The molecule has 0 rings (SSSR count). The van der Waals surface area contributed by atoms with Gasteiger partial charge in [0.25, 0.3) is 0 Å². The zero-order chi connectivity index (χ0) is 51.0. The van der Waals surface area contributed by atoms with Crippen LogP contribution in [0.1, 0.15) is 189 Å². The standard InChI is InChI=1S/C49H91N5O11/c1-42(2,3)37(57)33(53-43(4,5)6)21-19-20-27-50-35(55)24-25-48(15,16)64-29-26-49(17,18)65-30-28-51-39(60)45(9,10)32-47(13,14)54-36(56)23-22-34(38(58)59)52-40(61)44(7,8)31-46(11,12)41(62)63/h33-34,53H,19-32H2,1-18H3,(H,50,55)(H,51,60)(H,52,61)(H,54,56)(H,58,59)(H,62,63)/t33-,34-/m0/s1. The SMILES string of the molecule is CC(C)(C)N[C@@H](CCCCNC(=O)CCC(C)(C)OCCC(C)(C)OCCNC(=O)C(C)(C)CC(C)(C)NC(=O)CC[C@H](NC(=O)C(C)(C)CC(C)(C)C(=O)O)C(=O)O)C(=O)C(C)(C)C. The van der Waals surface area contributed by atoms with Crippen LogP contribution in [0.3, 0.4) is 0 Å². The number of carboxylic acids is 2. The molecule has 2 atom stereocenters. The van der Waals surface area contributed by atoms with Gasteiger partial charge in [0.15, 0.2) is 5.78 Å². The summed E-state index contributed by atoms with van der Waals surface area (Å²) >= 11 is 0. The Hall–Kier alpha value is -3.63. The van der Waals surface area contributed by atoms with Crippen molar-refractivity contribution < 1.29 is 53.2 Å². The van der Waals surface area contributed by atoms with Crippen molar-refractivity contribution >= 4 is 41.4 Å². The highest BCUT2D eigenvalue weighted by Gasteiger charge is 2.41. The van der Waals surface area contributed by atoms with Gasteiger partial charge in [0.05, 0.1) is 35.9 Å². The highest BCUT2D eigenvalue weighted by Crippen LogP contribution is 2.34. The Labute approximate surface area is 391 Å². The van der Waals surface area contributed by atoms with Crippen molar-refractivity contribution in [2.24, 2.45) is 21.7 Å². The number of nitrogens with one attached hydrogen (secondary N) is 5. The topological polar surface area (TPSA) is 239 Å². The molecule has 0 aromatic heterocycles. The number of unbranched alkanes of at least 4 members (excludes halogenated alkanes) is 1. The van der Waals surface area contributed by atoms with Crippen LogP contribution in [0.25, 0.3) is 0 Å². The zero-order valence-electron chi connectivity index (χ0n) is 43.6. The highest BCUT2D eigenvalue weighted by molar-refractivity contribution is 5.89. The Kier molecular flexibility index (Phi) is 23.5. The van der Waals surface area contributed by atoms with Crippen LogP contribution in [0, 0.1) is 21.7 Å². The van der Waals surface area contributed by atoms with E-state index < -0.39 is 68.2 Å². The van der Waals surface area contributed by atoms with E-state index in [-0.39, 0.29) is 68.0 Å². The molecule has 0 aliphatic heterocycles. The number of carbonyl (C=O) groups excluding carboxylic acids is 5. The van der Waals surface area contributed by atoms with E-state index in [0.29, 0.717) is 38.8 Å².